The molecular weight excluding hydrogens is 349 g/mol. The smallest absolute Gasteiger partial charge is 0.139 e. The maximum atomic E-state index is 6.12. The van der Waals surface area contributed by atoms with Gasteiger partial charge in [-0.2, -0.15) is 0 Å². The van der Waals surface area contributed by atoms with Gasteiger partial charge in [0.05, 0.1) is 10.0 Å². The van der Waals surface area contributed by atoms with Crippen LogP contribution in [0.4, 0.5) is 0 Å². The van der Waals surface area contributed by atoms with Crippen LogP contribution in [0.3, 0.4) is 0 Å². The highest BCUT2D eigenvalue weighted by atomic mass is 79.9. The second-order valence-electron chi connectivity index (χ2n) is 4.72. The molecule has 0 aliphatic heterocycles. The van der Waals surface area contributed by atoms with E-state index in [0.29, 0.717) is 21.8 Å². The molecule has 1 aromatic carbocycles. The second-order valence-corrected chi connectivity index (χ2v) is 6.39. The Labute approximate surface area is 133 Å². The molecule has 2 nitrogen and oxygen atoms in total. The molecule has 0 heterocycles. The highest BCUT2D eigenvalue weighted by molar-refractivity contribution is 9.10. The van der Waals surface area contributed by atoms with E-state index in [1.165, 1.54) is 6.42 Å². The van der Waals surface area contributed by atoms with Crippen LogP contribution in [-0.4, -0.2) is 18.7 Å². The molecule has 0 saturated carbocycles. The minimum absolute atomic E-state index is 0.0362. The van der Waals surface area contributed by atoms with Crippen LogP contribution in [0.2, 0.25) is 10.0 Å². The molecule has 19 heavy (non-hydrogen) atoms. The van der Waals surface area contributed by atoms with Gasteiger partial charge in [0.25, 0.3) is 0 Å². The van der Waals surface area contributed by atoms with Crippen molar-refractivity contribution in [3.05, 3.63) is 26.7 Å². The molecule has 0 aliphatic rings. The Bertz CT molecular complexity index is 415. The van der Waals surface area contributed by atoms with Crippen molar-refractivity contribution in [2.45, 2.75) is 45.8 Å². The van der Waals surface area contributed by atoms with Crippen LogP contribution in [0.15, 0.2) is 16.6 Å². The standard InChI is InChI=1S/C14H20BrCl2NO/c1-4-5-9(2)18-8-10(3)19-14-7-12(16)11(15)6-13(14)17/h6-7,9-10,18H,4-5,8H2,1-3H3. The Balaban J connectivity index is 2.52. The van der Waals surface area contributed by atoms with Crippen molar-refractivity contribution >= 4 is 39.1 Å². The molecule has 5 heteroatoms. The number of nitrogens with one attached hydrogen (secondary N) is 1. The van der Waals surface area contributed by atoms with Crippen molar-refractivity contribution in [3.63, 3.8) is 0 Å². The van der Waals surface area contributed by atoms with E-state index in [2.05, 4.69) is 35.1 Å². The van der Waals surface area contributed by atoms with E-state index in [4.69, 9.17) is 27.9 Å². The largest absolute Gasteiger partial charge is 0.488 e. The maximum Gasteiger partial charge on any atom is 0.139 e. The summed E-state index contributed by atoms with van der Waals surface area (Å²) in [6, 6.07) is 3.99. The van der Waals surface area contributed by atoms with Crippen LogP contribution in [0, 0.1) is 0 Å². The van der Waals surface area contributed by atoms with E-state index in [-0.39, 0.29) is 6.10 Å². The van der Waals surface area contributed by atoms with Gasteiger partial charge in [0.2, 0.25) is 0 Å². The Kier molecular flexibility index (Phi) is 7.52. The number of rotatable bonds is 7. The van der Waals surface area contributed by atoms with Crippen LogP contribution in [0.5, 0.6) is 5.75 Å². The monoisotopic (exact) mass is 367 g/mol. The number of hydrogen-bond donors (Lipinski definition) is 1. The SMILES string of the molecule is CCCC(C)NCC(C)Oc1cc(Cl)c(Br)cc1Cl. The lowest BCUT2D eigenvalue weighted by Crippen LogP contribution is -2.35. The Morgan fingerprint density at radius 3 is 2.58 bits per heavy atom. The predicted molar refractivity (Wildman–Crippen MR) is 86.6 cm³/mol. The third-order valence-electron chi connectivity index (χ3n) is 2.78. The van der Waals surface area contributed by atoms with Gasteiger partial charge in [-0.05, 0) is 42.3 Å². The first-order chi connectivity index (χ1) is 8.93. The molecule has 1 N–H and O–H groups in total. The Morgan fingerprint density at radius 2 is 1.95 bits per heavy atom. The van der Waals surface area contributed by atoms with Gasteiger partial charge in [-0.25, -0.2) is 0 Å². The molecule has 0 fully saturated rings. The van der Waals surface area contributed by atoms with Gasteiger partial charge in [-0.15, -0.1) is 0 Å². The van der Waals surface area contributed by atoms with Gasteiger partial charge in [0.1, 0.15) is 11.9 Å². The highest BCUT2D eigenvalue weighted by Crippen LogP contribution is 2.34. The fourth-order valence-electron chi connectivity index (χ4n) is 1.76. The molecule has 0 saturated heterocycles. The van der Waals surface area contributed by atoms with Crippen molar-refractivity contribution in [3.8, 4) is 5.75 Å². The summed E-state index contributed by atoms with van der Waals surface area (Å²) in [6.45, 7) is 7.16. The van der Waals surface area contributed by atoms with Gasteiger partial charge >= 0.3 is 0 Å². The molecule has 0 bridgehead atoms. The molecule has 2 atom stereocenters. The third-order valence-corrected chi connectivity index (χ3v) is 4.27. The van der Waals surface area contributed by atoms with E-state index >= 15 is 0 Å². The molecular formula is C14H20BrCl2NO. The molecule has 1 rings (SSSR count). The van der Waals surface area contributed by atoms with E-state index in [0.717, 1.165) is 17.4 Å². The lowest BCUT2D eigenvalue weighted by atomic mass is 10.2. The molecule has 108 valence electrons. The van der Waals surface area contributed by atoms with Crippen molar-refractivity contribution in [2.24, 2.45) is 0 Å². The summed E-state index contributed by atoms with van der Waals surface area (Å²) < 4.78 is 6.58. The quantitative estimate of drug-likeness (QED) is 0.659. The first-order valence-electron chi connectivity index (χ1n) is 6.48. The zero-order valence-corrected chi connectivity index (χ0v) is 14.6. The fraction of sp³-hybridized carbons (Fsp3) is 0.571. The van der Waals surface area contributed by atoms with Crippen LogP contribution >= 0.6 is 39.1 Å². The van der Waals surface area contributed by atoms with Gasteiger partial charge in [0, 0.05) is 23.1 Å². The van der Waals surface area contributed by atoms with Crippen LogP contribution in [0.25, 0.3) is 0 Å². The minimum atomic E-state index is 0.0362. The van der Waals surface area contributed by atoms with Gasteiger partial charge < -0.3 is 10.1 Å². The Morgan fingerprint density at radius 1 is 1.26 bits per heavy atom. The lowest BCUT2D eigenvalue weighted by Gasteiger charge is -2.19. The molecule has 2 unspecified atom stereocenters. The van der Waals surface area contributed by atoms with Crippen molar-refractivity contribution < 1.29 is 4.74 Å². The summed E-state index contributed by atoms with van der Waals surface area (Å²) in [4.78, 5) is 0. The summed E-state index contributed by atoms with van der Waals surface area (Å²) in [5.74, 6) is 0.618. The van der Waals surface area contributed by atoms with Crippen LogP contribution in [-0.2, 0) is 0 Å². The molecule has 0 aliphatic carbocycles. The van der Waals surface area contributed by atoms with Crippen LogP contribution < -0.4 is 10.1 Å². The minimum Gasteiger partial charge on any atom is -0.488 e. The number of halogens is 3. The second kappa shape index (κ2) is 8.35. The maximum absolute atomic E-state index is 6.12. The lowest BCUT2D eigenvalue weighted by molar-refractivity contribution is 0.211. The molecule has 0 aromatic heterocycles. The highest BCUT2D eigenvalue weighted by Gasteiger charge is 2.11. The van der Waals surface area contributed by atoms with Crippen molar-refractivity contribution in [1.82, 2.24) is 5.32 Å². The summed E-state index contributed by atoms with van der Waals surface area (Å²) in [5, 5.41) is 4.59. The summed E-state index contributed by atoms with van der Waals surface area (Å²) >= 11 is 15.5. The zero-order chi connectivity index (χ0) is 14.4. The molecule has 0 amide bonds. The van der Waals surface area contributed by atoms with Gasteiger partial charge in [-0.1, -0.05) is 36.5 Å². The first-order valence-corrected chi connectivity index (χ1v) is 8.03. The summed E-state index contributed by atoms with van der Waals surface area (Å²) in [5.41, 5.74) is 0. The third kappa shape index (κ3) is 5.90. The molecule has 1 aromatic rings. The van der Waals surface area contributed by atoms with Crippen molar-refractivity contribution in [1.29, 1.82) is 0 Å². The summed E-state index contributed by atoms with van der Waals surface area (Å²) in [7, 11) is 0. The van der Waals surface area contributed by atoms with E-state index in [9.17, 15) is 0 Å². The van der Waals surface area contributed by atoms with E-state index in [1.54, 1.807) is 12.1 Å². The molecule has 0 radical (unpaired) electrons. The van der Waals surface area contributed by atoms with E-state index < -0.39 is 0 Å². The zero-order valence-electron chi connectivity index (χ0n) is 11.5. The van der Waals surface area contributed by atoms with E-state index in [1.807, 2.05) is 6.92 Å². The fourth-order valence-corrected chi connectivity index (χ4v) is 2.59. The van der Waals surface area contributed by atoms with Crippen LogP contribution in [0.1, 0.15) is 33.6 Å². The first kappa shape index (κ1) is 17.1. The van der Waals surface area contributed by atoms with Gasteiger partial charge in [-0.3, -0.25) is 0 Å². The van der Waals surface area contributed by atoms with Crippen molar-refractivity contribution in [2.75, 3.05) is 6.54 Å². The number of ether oxygens (including phenoxy) is 1. The Hall–Kier alpha value is 0.0400. The number of benzene rings is 1. The average molecular weight is 369 g/mol. The van der Waals surface area contributed by atoms with Gasteiger partial charge in [0.15, 0.2) is 0 Å². The number of hydrogen-bond acceptors (Lipinski definition) is 2. The topological polar surface area (TPSA) is 21.3 Å². The average Bonchev–Trinajstić information content (AvgIpc) is 2.34. The molecule has 0 spiro atoms. The summed E-state index contributed by atoms with van der Waals surface area (Å²) in [6.07, 6.45) is 2.38. The predicted octanol–water partition coefficient (Wildman–Crippen LogP) is 5.30. The normalized spacial score (nSPS) is 14.2.